The molecule has 22 heavy (non-hydrogen) atoms. The van der Waals surface area contributed by atoms with Crippen LogP contribution in [0.4, 0.5) is 8.78 Å². The monoisotopic (exact) mass is 315 g/mol. The first kappa shape index (κ1) is 15.3. The quantitative estimate of drug-likeness (QED) is 0.815. The van der Waals surface area contributed by atoms with Crippen molar-refractivity contribution in [3.63, 3.8) is 0 Å². The van der Waals surface area contributed by atoms with Crippen LogP contribution in [0.5, 0.6) is 0 Å². The van der Waals surface area contributed by atoms with Crippen LogP contribution in [0, 0.1) is 5.92 Å². The van der Waals surface area contributed by atoms with Gasteiger partial charge in [0.25, 0.3) is 11.8 Å². The zero-order valence-electron chi connectivity index (χ0n) is 11.5. The molecule has 2 aliphatic rings. The molecule has 3 unspecified atom stereocenters. The first-order chi connectivity index (χ1) is 10.4. The molecule has 8 heteroatoms. The van der Waals surface area contributed by atoms with Crippen molar-refractivity contribution >= 4 is 5.91 Å². The van der Waals surface area contributed by atoms with Crippen LogP contribution < -0.4 is 0 Å². The van der Waals surface area contributed by atoms with Crippen LogP contribution in [0.3, 0.4) is 0 Å². The molecule has 2 N–H and O–H groups in total. The van der Waals surface area contributed by atoms with E-state index < -0.39 is 36.7 Å². The summed E-state index contributed by atoms with van der Waals surface area (Å²) in [6.45, 7) is -0.494. The highest BCUT2D eigenvalue weighted by Crippen LogP contribution is 2.37. The summed E-state index contributed by atoms with van der Waals surface area (Å²) in [6.07, 6.45) is -3.95. The highest BCUT2D eigenvalue weighted by Gasteiger charge is 2.49. The van der Waals surface area contributed by atoms with E-state index in [0.29, 0.717) is 10.6 Å². The van der Waals surface area contributed by atoms with Gasteiger partial charge in [-0.3, -0.25) is 4.79 Å². The van der Waals surface area contributed by atoms with Crippen molar-refractivity contribution in [3.05, 3.63) is 35.4 Å². The minimum absolute atomic E-state index is 0.104. The molecular formula is C14H15F2NO5. The zero-order valence-corrected chi connectivity index (χ0v) is 11.5. The van der Waals surface area contributed by atoms with Gasteiger partial charge in [-0.25, -0.2) is 13.6 Å². The van der Waals surface area contributed by atoms with Gasteiger partial charge in [-0.15, -0.1) is 0 Å². The Bertz CT molecular complexity index is 582. The molecule has 3 rings (SSSR count). The lowest BCUT2D eigenvalue weighted by molar-refractivity contribution is -0.325. The van der Waals surface area contributed by atoms with Gasteiger partial charge in [0.05, 0.1) is 19.1 Å². The van der Waals surface area contributed by atoms with Gasteiger partial charge in [0.2, 0.25) is 0 Å². The molecule has 6 nitrogen and oxygen atoms in total. The Morgan fingerprint density at radius 2 is 2.14 bits per heavy atom. The number of carbonyl (C=O) groups is 1. The SMILES string of the molecule is O=C1c2ccccc2C(O)N1OC(O)C1COCCC1(F)F. The molecule has 120 valence electrons. The van der Waals surface area contributed by atoms with Crippen molar-refractivity contribution in [2.45, 2.75) is 24.9 Å². The maximum absolute atomic E-state index is 13.8. The summed E-state index contributed by atoms with van der Waals surface area (Å²) in [7, 11) is 0. The Labute approximate surface area is 124 Å². The van der Waals surface area contributed by atoms with Crippen LogP contribution in [0.15, 0.2) is 24.3 Å². The average Bonchev–Trinajstić information content (AvgIpc) is 2.72. The predicted molar refractivity (Wildman–Crippen MR) is 68.5 cm³/mol. The molecule has 1 aromatic carbocycles. The van der Waals surface area contributed by atoms with Crippen molar-refractivity contribution in [2.75, 3.05) is 13.2 Å². The number of alkyl halides is 2. The number of halogens is 2. The molecule has 0 aromatic heterocycles. The highest BCUT2D eigenvalue weighted by molar-refractivity contribution is 5.98. The fourth-order valence-electron chi connectivity index (χ4n) is 2.59. The van der Waals surface area contributed by atoms with E-state index in [4.69, 9.17) is 9.57 Å². The number of aliphatic hydroxyl groups is 2. The second-order valence-electron chi connectivity index (χ2n) is 5.28. The van der Waals surface area contributed by atoms with Gasteiger partial charge < -0.3 is 14.9 Å². The third kappa shape index (κ3) is 2.48. The Hall–Kier alpha value is -1.61. The maximum Gasteiger partial charge on any atom is 0.280 e. The van der Waals surface area contributed by atoms with Crippen LogP contribution in [-0.2, 0) is 9.57 Å². The Kier molecular flexibility index (Phi) is 3.85. The molecule has 0 aliphatic carbocycles. The van der Waals surface area contributed by atoms with Gasteiger partial charge >= 0.3 is 0 Å². The van der Waals surface area contributed by atoms with Gasteiger partial charge in [0.15, 0.2) is 12.5 Å². The Balaban J connectivity index is 1.75. The summed E-state index contributed by atoms with van der Waals surface area (Å²) in [6, 6.07) is 6.23. The number of hydrogen-bond donors (Lipinski definition) is 2. The number of amides is 1. The standard InChI is InChI=1S/C14H15F2NO5/c15-14(16)5-6-21-7-10(14)13(20)22-17-11(18)8-3-1-2-4-9(8)12(17)19/h1-4,10-11,13,18,20H,5-7H2. The highest BCUT2D eigenvalue weighted by atomic mass is 19.3. The van der Waals surface area contributed by atoms with Crippen LogP contribution in [-0.4, -0.2) is 46.6 Å². The maximum atomic E-state index is 13.8. The normalized spacial score (nSPS) is 28.5. The molecule has 1 saturated heterocycles. The van der Waals surface area contributed by atoms with E-state index in [1.165, 1.54) is 12.1 Å². The van der Waals surface area contributed by atoms with Crippen molar-refractivity contribution in [1.82, 2.24) is 5.06 Å². The van der Waals surface area contributed by atoms with Crippen LogP contribution in [0.2, 0.25) is 0 Å². The van der Waals surface area contributed by atoms with Gasteiger partial charge in [0, 0.05) is 17.5 Å². The third-order valence-electron chi connectivity index (χ3n) is 3.88. The number of carbonyl (C=O) groups excluding carboxylic acids is 1. The number of nitrogens with zero attached hydrogens (tertiary/aromatic N) is 1. The molecule has 2 heterocycles. The number of fused-ring (bicyclic) bond motifs is 1. The van der Waals surface area contributed by atoms with E-state index in [0.717, 1.165) is 0 Å². The van der Waals surface area contributed by atoms with Crippen molar-refractivity contribution < 1.29 is 33.4 Å². The van der Waals surface area contributed by atoms with Gasteiger partial charge in [0.1, 0.15) is 0 Å². The smallest absolute Gasteiger partial charge is 0.280 e. The number of hydroxylamine groups is 2. The second kappa shape index (κ2) is 5.54. The summed E-state index contributed by atoms with van der Waals surface area (Å²) >= 11 is 0. The van der Waals surface area contributed by atoms with Gasteiger partial charge in [-0.2, -0.15) is 5.06 Å². The van der Waals surface area contributed by atoms with Gasteiger partial charge in [-0.05, 0) is 6.07 Å². The molecule has 0 spiro atoms. The largest absolute Gasteiger partial charge is 0.380 e. The van der Waals surface area contributed by atoms with E-state index in [2.05, 4.69) is 0 Å². The van der Waals surface area contributed by atoms with Crippen LogP contribution >= 0.6 is 0 Å². The van der Waals surface area contributed by atoms with Crippen LogP contribution in [0.25, 0.3) is 0 Å². The number of benzene rings is 1. The predicted octanol–water partition coefficient (Wildman–Crippen LogP) is 1.06. The molecule has 3 atom stereocenters. The fraction of sp³-hybridized carbons (Fsp3) is 0.500. The van der Waals surface area contributed by atoms with E-state index >= 15 is 0 Å². The Morgan fingerprint density at radius 1 is 1.41 bits per heavy atom. The molecule has 0 saturated carbocycles. The number of rotatable bonds is 3. The molecule has 0 bridgehead atoms. The minimum Gasteiger partial charge on any atom is -0.380 e. The van der Waals surface area contributed by atoms with Crippen molar-refractivity contribution in [1.29, 1.82) is 0 Å². The topological polar surface area (TPSA) is 79.2 Å². The second-order valence-corrected chi connectivity index (χ2v) is 5.28. The first-order valence-electron chi connectivity index (χ1n) is 6.83. The first-order valence-corrected chi connectivity index (χ1v) is 6.83. The van der Waals surface area contributed by atoms with E-state index in [1.807, 2.05) is 0 Å². The summed E-state index contributed by atoms with van der Waals surface area (Å²) in [4.78, 5) is 17.0. The molecular weight excluding hydrogens is 300 g/mol. The summed E-state index contributed by atoms with van der Waals surface area (Å²) in [5, 5.41) is 20.5. The lowest BCUT2D eigenvalue weighted by Gasteiger charge is -2.35. The average molecular weight is 315 g/mol. The summed E-state index contributed by atoms with van der Waals surface area (Å²) < 4.78 is 32.5. The van der Waals surface area contributed by atoms with Gasteiger partial charge in [-0.1, -0.05) is 18.2 Å². The molecule has 2 aliphatic heterocycles. The Morgan fingerprint density at radius 3 is 2.82 bits per heavy atom. The van der Waals surface area contributed by atoms with Crippen LogP contribution in [0.1, 0.15) is 28.6 Å². The number of aliphatic hydroxyl groups excluding tert-OH is 2. The minimum atomic E-state index is -3.17. The van der Waals surface area contributed by atoms with E-state index in [-0.39, 0.29) is 18.8 Å². The molecule has 1 fully saturated rings. The zero-order chi connectivity index (χ0) is 15.9. The summed E-state index contributed by atoms with van der Waals surface area (Å²) in [5.74, 6) is -5.47. The van der Waals surface area contributed by atoms with Crippen molar-refractivity contribution in [3.8, 4) is 0 Å². The van der Waals surface area contributed by atoms with Crippen molar-refractivity contribution in [2.24, 2.45) is 5.92 Å². The molecule has 0 radical (unpaired) electrons. The van der Waals surface area contributed by atoms with E-state index in [1.54, 1.807) is 12.1 Å². The third-order valence-corrected chi connectivity index (χ3v) is 3.88. The molecule has 1 amide bonds. The lowest BCUT2D eigenvalue weighted by atomic mass is 9.97. The fourth-order valence-corrected chi connectivity index (χ4v) is 2.59. The lowest BCUT2D eigenvalue weighted by Crippen LogP contribution is -2.48. The number of hydrogen-bond acceptors (Lipinski definition) is 5. The summed E-state index contributed by atoms with van der Waals surface area (Å²) in [5.41, 5.74) is 0.500. The molecule has 1 aromatic rings. The van der Waals surface area contributed by atoms with E-state index in [9.17, 15) is 23.8 Å². The number of ether oxygens (including phenoxy) is 1.